The second-order valence-electron chi connectivity index (χ2n) is 7.25. The van der Waals surface area contributed by atoms with Gasteiger partial charge in [0.2, 0.25) is 0 Å². The number of rotatable bonds is 5. The number of aryl methyl sites for hydroxylation is 1. The maximum Gasteiger partial charge on any atom is 0.326 e. The van der Waals surface area contributed by atoms with Crippen LogP contribution in [0.5, 0.6) is 0 Å². The zero-order valence-corrected chi connectivity index (χ0v) is 16.1. The molecule has 0 heterocycles. The molecule has 144 valence electrons. The summed E-state index contributed by atoms with van der Waals surface area (Å²) in [5.74, 6) is -1.43. The van der Waals surface area contributed by atoms with Crippen molar-refractivity contribution in [3.05, 3.63) is 95.6 Å². The molecule has 0 aromatic heterocycles. The van der Waals surface area contributed by atoms with Crippen LogP contribution in [0.4, 0.5) is 0 Å². The smallest absolute Gasteiger partial charge is 0.326 e. The van der Waals surface area contributed by atoms with Crippen molar-refractivity contribution in [3.8, 4) is 0 Å². The van der Waals surface area contributed by atoms with E-state index in [9.17, 15) is 14.7 Å². The third-order valence-electron chi connectivity index (χ3n) is 5.12. The van der Waals surface area contributed by atoms with Crippen LogP contribution in [0.25, 0.3) is 21.5 Å². The summed E-state index contributed by atoms with van der Waals surface area (Å²) in [6.45, 7) is 1.96. The minimum absolute atomic E-state index is 0.228. The summed E-state index contributed by atoms with van der Waals surface area (Å²) in [5, 5.41) is 16.0. The van der Waals surface area contributed by atoms with Crippen LogP contribution in [0.1, 0.15) is 21.5 Å². The van der Waals surface area contributed by atoms with Crippen LogP contribution in [0.2, 0.25) is 0 Å². The van der Waals surface area contributed by atoms with Gasteiger partial charge in [-0.15, -0.1) is 0 Å². The average Bonchev–Trinajstić information content (AvgIpc) is 2.71. The lowest BCUT2D eigenvalue weighted by molar-refractivity contribution is -0.139. The molecular weight excluding hydrogens is 362 g/mol. The zero-order valence-electron chi connectivity index (χ0n) is 16.1. The first-order chi connectivity index (χ1) is 14.0. The number of fused-ring (bicyclic) bond motifs is 2. The van der Waals surface area contributed by atoms with E-state index in [1.165, 1.54) is 0 Å². The number of benzene rings is 4. The molecular formula is C25H21NO3. The highest BCUT2D eigenvalue weighted by Gasteiger charge is 2.23. The number of carboxylic acids is 1. The Hall–Kier alpha value is -3.66. The van der Waals surface area contributed by atoms with Crippen LogP contribution in [0.3, 0.4) is 0 Å². The Morgan fingerprint density at radius 3 is 2.07 bits per heavy atom. The second-order valence-corrected chi connectivity index (χ2v) is 7.25. The van der Waals surface area contributed by atoms with E-state index < -0.39 is 12.0 Å². The molecule has 0 aliphatic rings. The zero-order chi connectivity index (χ0) is 20.4. The molecule has 4 aromatic rings. The Morgan fingerprint density at radius 2 is 1.48 bits per heavy atom. The van der Waals surface area contributed by atoms with Gasteiger partial charge in [0.1, 0.15) is 6.04 Å². The van der Waals surface area contributed by atoms with Crippen molar-refractivity contribution in [2.24, 2.45) is 0 Å². The highest BCUT2D eigenvalue weighted by molar-refractivity contribution is 6.18. The molecule has 0 unspecified atom stereocenters. The summed E-state index contributed by atoms with van der Waals surface area (Å²) < 4.78 is 0. The van der Waals surface area contributed by atoms with Gasteiger partial charge in [0, 0.05) is 6.42 Å². The topological polar surface area (TPSA) is 66.4 Å². The third kappa shape index (κ3) is 3.83. The molecule has 0 saturated heterocycles. The van der Waals surface area contributed by atoms with Crippen LogP contribution in [0.15, 0.2) is 78.9 Å². The molecule has 0 radical (unpaired) electrons. The predicted molar refractivity (Wildman–Crippen MR) is 115 cm³/mol. The fourth-order valence-corrected chi connectivity index (χ4v) is 3.76. The lowest BCUT2D eigenvalue weighted by atomic mass is 9.95. The molecule has 4 rings (SSSR count). The fourth-order valence-electron chi connectivity index (χ4n) is 3.76. The molecule has 0 aliphatic carbocycles. The van der Waals surface area contributed by atoms with Gasteiger partial charge < -0.3 is 10.4 Å². The van der Waals surface area contributed by atoms with Crippen molar-refractivity contribution < 1.29 is 14.7 Å². The molecule has 4 nitrogen and oxygen atoms in total. The van der Waals surface area contributed by atoms with E-state index in [2.05, 4.69) is 5.32 Å². The molecule has 2 N–H and O–H groups in total. The van der Waals surface area contributed by atoms with E-state index in [-0.39, 0.29) is 12.3 Å². The lowest BCUT2D eigenvalue weighted by Crippen LogP contribution is -2.42. The Kier molecular flexibility index (Phi) is 5.00. The van der Waals surface area contributed by atoms with Crippen LogP contribution in [-0.2, 0) is 11.2 Å². The van der Waals surface area contributed by atoms with Gasteiger partial charge in [0.05, 0.1) is 5.56 Å². The van der Waals surface area contributed by atoms with Gasteiger partial charge in [0.15, 0.2) is 0 Å². The van der Waals surface area contributed by atoms with Crippen molar-refractivity contribution in [1.82, 2.24) is 5.32 Å². The van der Waals surface area contributed by atoms with Gasteiger partial charge in [-0.25, -0.2) is 4.79 Å². The number of hydrogen-bond acceptors (Lipinski definition) is 2. The number of amides is 1. The summed E-state index contributed by atoms with van der Waals surface area (Å²) in [6.07, 6.45) is 0.228. The van der Waals surface area contributed by atoms with Gasteiger partial charge in [0.25, 0.3) is 5.91 Å². The van der Waals surface area contributed by atoms with E-state index >= 15 is 0 Å². The fraction of sp³-hybridized carbons (Fsp3) is 0.120. The average molecular weight is 383 g/mol. The quantitative estimate of drug-likeness (QED) is 0.490. The number of nitrogens with one attached hydrogen (secondary N) is 1. The number of carbonyl (C=O) groups is 2. The molecule has 29 heavy (non-hydrogen) atoms. The van der Waals surface area contributed by atoms with E-state index in [0.29, 0.717) is 5.56 Å². The van der Waals surface area contributed by atoms with Crippen LogP contribution in [-0.4, -0.2) is 23.0 Å². The summed E-state index contributed by atoms with van der Waals surface area (Å²) in [7, 11) is 0. The van der Waals surface area contributed by atoms with Crippen molar-refractivity contribution in [2.45, 2.75) is 19.4 Å². The van der Waals surface area contributed by atoms with E-state index in [1.807, 2.05) is 85.8 Å². The standard InChI is InChI=1S/C25H21NO3/c1-16-7-6-8-17(13-16)14-22(25(28)29)26-24(27)23-20-11-4-2-9-18(20)15-19-10-3-5-12-21(19)23/h2-13,15,22H,14H2,1H3,(H,26,27)(H,28,29)/t22-/m0/s1. The molecule has 1 amide bonds. The number of carbonyl (C=O) groups excluding carboxylic acids is 1. The summed E-state index contributed by atoms with van der Waals surface area (Å²) in [4.78, 5) is 25.1. The first kappa shape index (κ1) is 18.7. The molecule has 0 bridgehead atoms. The highest BCUT2D eigenvalue weighted by Crippen LogP contribution is 2.28. The predicted octanol–water partition coefficient (Wildman–Crippen LogP) is 4.73. The summed E-state index contributed by atoms with van der Waals surface area (Å²) in [5.41, 5.74) is 2.44. The number of hydrogen-bond donors (Lipinski definition) is 2. The lowest BCUT2D eigenvalue weighted by Gasteiger charge is -2.17. The van der Waals surface area contributed by atoms with E-state index in [0.717, 1.165) is 32.7 Å². The maximum atomic E-state index is 13.3. The van der Waals surface area contributed by atoms with Crippen molar-refractivity contribution in [2.75, 3.05) is 0 Å². The van der Waals surface area contributed by atoms with E-state index in [4.69, 9.17) is 0 Å². The Morgan fingerprint density at radius 1 is 0.862 bits per heavy atom. The molecule has 4 aromatic carbocycles. The Labute approximate surface area is 168 Å². The van der Waals surface area contributed by atoms with Crippen molar-refractivity contribution in [3.63, 3.8) is 0 Å². The van der Waals surface area contributed by atoms with Gasteiger partial charge >= 0.3 is 5.97 Å². The first-order valence-corrected chi connectivity index (χ1v) is 9.52. The molecule has 1 atom stereocenters. The molecule has 0 fully saturated rings. The highest BCUT2D eigenvalue weighted by atomic mass is 16.4. The van der Waals surface area contributed by atoms with Gasteiger partial charge in [-0.3, -0.25) is 4.79 Å². The van der Waals surface area contributed by atoms with Crippen LogP contribution < -0.4 is 5.32 Å². The van der Waals surface area contributed by atoms with Crippen LogP contribution >= 0.6 is 0 Å². The molecule has 0 aliphatic heterocycles. The third-order valence-corrected chi connectivity index (χ3v) is 5.12. The van der Waals surface area contributed by atoms with Gasteiger partial charge in [-0.1, -0.05) is 78.4 Å². The van der Waals surface area contributed by atoms with E-state index in [1.54, 1.807) is 0 Å². The molecule has 0 spiro atoms. The number of aliphatic carboxylic acids is 1. The Balaban J connectivity index is 1.74. The molecule has 4 heteroatoms. The normalized spacial score (nSPS) is 12.0. The largest absolute Gasteiger partial charge is 0.480 e. The SMILES string of the molecule is Cc1cccc(C[C@H](NC(=O)c2c3ccccc3cc3ccccc23)C(=O)O)c1. The monoisotopic (exact) mass is 383 g/mol. The van der Waals surface area contributed by atoms with Crippen molar-refractivity contribution in [1.29, 1.82) is 0 Å². The van der Waals surface area contributed by atoms with Gasteiger partial charge in [-0.05, 0) is 40.1 Å². The molecule has 0 saturated carbocycles. The first-order valence-electron chi connectivity index (χ1n) is 9.52. The second kappa shape index (κ2) is 7.76. The van der Waals surface area contributed by atoms with Crippen molar-refractivity contribution >= 4 is 33.4 Å². The summed E-state index contributed by atoms with van der Waals surface area (Å²) in [6, 6.07) is 24.0. The van der Waals surface area contributed by atoms with Crippen LogP contribution in [0, 0.1) is 6.92 Å². The summed E-state index contributed by atoms with van der Waals surface area (Å²) >= 11 is 0. The van der Waals surface area contributed by atoms with Gasteiger partial charge in [-0.2, -0.15) is 0 Å². The maximum absolute atomic E-state index is 13.3. The minimum Gasteiger partial charge on any atom is -0.480 e. The Bertz CT molecular complexity index is 1180. The number of carboxylic acid groups (broad SMARTS) is 1. The minimum atomic E-state index is -1.05.